The van der Waals surface area contributed by atoms with Crippen LogP contribution in [0.25, 0.3) is 10.9 Å². The van der Waals surface area contributed by atoms with E-state index in [0.717, 1.165) is 10.9 Å². The highest BCUT2D eigenvalue weighted by molar-refractivity contribution is 7.99. The van der Waals surface area contributed by atoms with Gasteiger partial charge in [0.2, 0.25) is 0 Å². The van der Waals surface area contributed by atoms with E-state index in [4.69, 9.17) is 5.73 Å². The van der Waals surface area contributed by atoms with E-state index in [1.54, 1.807) is 12.1 Å². The van der Waals surface area contributed by atoms with Gasteiger partial charge in [0.1, 0.15) is 11.4 Å². The van der Waals surface area contributed by atoms with Gasteiger partial charge in [-0.1, -0.05) is 30.0 Å². The van der Waals surface area contributed by atoms with Crippen molar-refractivity contribution in [2.45, 2.75) is 9.92 Å². The largest absolute Gasteiger partial charge is 0.478 e. The molecule has 3 rings (SSSR count). The van der Waals surface area contributed by atoms with Gasteiger partial charge in [-0.15, -0.1) is 0 Å². The summed E-state index contributed by atoms with van der Waals surface area (Å²) >= 11 is 1.29. The van der Waals surface area contributed by atoms with Gasteiger partial charge in [0.15, 0.2) is 0 Å². The van der Waals surface area contributed by atoms with Crippen LogP contribution in [0, 0.1) is 0 Å². The summed E-state index contributed by atoms with van der Waals surface area (Å²) in [6, 6.07) is 12.4. The third kappa shape index (κ3) is 2.66. The number of hydrogen-bond acceptors (Lipinski definition) is 5. The maximum absolute atomic E-state index is 11.3. The maximum Gasteiger partial charge on any atom is 0.336 e. The van der Waals surface area contributed by atoms with Crippen LogP contribution in [-0.2, 0) is 0 Å². The minimum atomic E-state index is -1.01. The Bertz CT molecular complexity index is 831. The van der Waals surface area contributed by atoms with Crippen LogP contribution in [0.5, 0.6) is 0 Å². The first-order valence-electron chi connectivity index (χ1n) is 6.15. The van der Waals surface area contributed by atoms with Gasteiger partial charge < -0.3 is 10.8 Å². The molecule has 3 aromatic rings. The standard InChI is InChI=1S/C15H11N3O2S/c16-9-5-6-13(11(7-9)15(19)20)21-14-10-3-1-2-4-12(10)17-8-18-14/h1-8H,16H2,(H,19,20). The molecule has 5 nitrogen and oxygen atoms in total. The van der Waals surface area contributed by atoms with Gasteiger partial charge in [-0.3, -0.25) is 0 Å². The quantitative estimate of drug-likeness (QED) is 0.570. The first kappa shape index (κ1) is 13.4. The van der Waals surface area contributed by atoms with Crippen LogP contribution in [0.3, 0.4) is 0 Å². The summed E-state index contributed by atoms with van der Waals surface area (Å²) < 4.78 is 0. The lowest BCUT2D eigenvalue weighted by Crippen LogP contribution is -2.00. The van der Waals surface area contributed by atoms with Crippen LogP contribution < -0.4 is 5.73 Å². The van der Waals surface area contributed by atoms with E-state index >= 15 is 0 Å². The number of carboxylic acids is 1. The first-order valence-corrected chi connectivity index (χ1v) is 6.97. The monoisotopic (exact) mass is 297 g/mol. The van der Waals surface area contributed by atoms with Gasteiger partial charge in [0, 0.05) is 16.0 Å². The molecule has 1 aromatic heterocycles. The van der Waals surface area contributed by atoms with E-state index in [2.05, 4.69) is 9.97 Å². The zero-order valence-electron chi connectivity index (χ0n) is 10.9. The number of carbonyl (C=O) groups is 1. The lowest BCUT2D eigenvalue weighted by atomic mass is 10.2. The highest BCUT2D eigenvalue weighted by Gasteiger charge is 2.13. The van der Waals surface area contributed by atoms with Crippen LogP contribution in [0.2, 0.25) is 0 Å². The Morgan fingerprint density at radius 1 is 1.14 bits per heavy atom. The Morgan fingerprint density at radius 3 is 2.76 bits per heavy atom. The van der Waals surface area contributed by atoms with Crippen molar-refractivity contribution in [1.82, 2.24) is 9.97 Å². The van der Waals surface area contributed by atoms with E-state index < -0.39 is 5.97 Å². The lowest BCUT2D eigenvalue weighted by molar-refractivity contribution is 0.0693. The summed E-state index contributed by atoms with van der Waals surface area (Å²) in [6.45, 7) is 0. The van der Waals surface area contributed by atoms with E-state index in [-0.39, 0.29) is 5.56 Å². The van der Waals surface area contributed by atoms with Gasteiger partial charge >= 0.3 is 5.97 Å². The molecule has 0 radical (unpaired) electrons. The molecule has 2 aromatic carbocycles. The number of nitrogens with zero attached hydrogens (tertiary/aromatic N) is 2. The number of carboxylic acid groups (broad SMARTS) is 1. The fraction of sp³-hybridized carbons (Fsp3) is 0. The molecule has 0 aliphatic carbocycles. The maximum atomic E-state index is 11.3. The molecular weight excluding hydrogens is 286 g/mol. The van der Waals surface area contributed by atoms with Crippen LogP contribution >= 0.6 is 11.8 Å². The first-order chi connectivity index (χ1) is 10.1. The highest BCUT2D eigenvalue weighted by Crippen LogP contribution is 2.33. The molecule has 0 bridgehead atoms. The molecule has 104 valence electrons. The molecule has 0 amide bonds. The van der Waals surface area contributed by atoms with Crippen molar-refractivity contribution >= 4 is 34.3 Å². The van der Waals surface area contributed by atoms with Crippen LogP contribution in [0.1, 0.15) is 10.4 Å². The predicted molar refractivity (Wildman–Crippen MR) is 81.5 cm³/mol. The van der Waals surface area contributed by atoms with Crippen LogP contribution in [0.4, 0.5) is 5.69 Å². The van der Waals surface area contributed by atoms with Gasteiger partial charge in [0.25, 0.3) is 0 Å². The number of nitrogen functional groups attached to an aromatic ring is 1. The van der Waals surface area contributed by atoms with Crippen molar-refractivity contribution in [2.75, 3.05) is 5.73 Å². The summed E-state index contributed by atoms with van der Waals surface area (Å²) in [4.78, 5) is 20.4. The van der Waals surface area contributed by atoms with Crippen LogP contribution in [-0.4, -0.2) is 21.0 Å². The lowest BCUT2D eigenvalue weighted by Gasteiger charge is -2.08. The fourth-order valence-electron chi connectivity index (χ4n) is 1.97. The van der Waals surface area contributed by atoms with E-state index in [0.29, 0.717) is 15.6 Å². The number of aromatic nitrogens is 2. The topological polar surface area (TPSA) is 89.1 Å². The third-order valence-electron chi connectivity index (χ3n) is 2.95. The fourth-order valence-corrected chi connectivity index (χ4v) is 2.95. The summed E-state index contributed by atoms with van der Waals surface area (Å²) in [6.07, 6.45) is 1.47. The van der Waals surface area contributed by atoms with Crippen molar-refractivity contribution < 1.29 is 9.90 Å². The van der Waals surface area contributed by atoms with Crippen molar-refractivity contribution in [3.05, 3.63) is 54.4 Å². The minimum absolute atomic E-state index is 0.169. The number of para-hydroxylation sites is 1. The number of anilines is 1. The van der Waals surface area contributed by atoms with Crippen molar-refractivity contribution in [1.29, 1.82) is 0 Å². The molecule has 6 heteroatoms. The zero-order valence-corrected chi connectivity index (χ0v) is 11.7. The predicted octanol–water partition coefficient (Wildman–Crippen LogP) is 3.06. The van der Waals surface area contributed by atoms with Gasteiger partial charge in [-0.25, -0.2) is 14.8 Å². The molecule has 0 fully saturated rings. The van der Waals surface area contributed by atoms with Gasteiger partial charge in [0.05, 0.1) is 11.1 Å². The molecular formula is C15H11N3O2S. The molecule has 0 saturated carbocycles. The second-order valence-electron chi connectivity index (χ2n) is 4.36. The Labute approximate surface area is 124 Å². The molecule has 21 heavy (non-hydrogen) atoms. The molecule has 0 aliphatic rings. The Kier molecular flexibility index (Phi) is 3.45. The van der Waals surface area contributed by atoms with Crippen molar-refractivity contribution in [2.24, 2.45) is 0 Å². The van der Waals surface area contributed by atoms with E-state index in [9.17, 15) is 9.90 Å². The molecule has 0 unspecified atom stereocenters. The summed E-state index contributed by atoms with van der Waals surface area (Å²) in [5.74, 6) is -1.01. The normalized spacial score (nSPS) is 10.7. The Hall–Kier alpha value is -2.60. The number of fused-ring (bicyclic) bond motifs is 1. The number of aromatic carboxylic acids is 1. The second-order valence-corrected chi connectivity index (χ2v) is 5.39. The number of benzene rings is 2. The third-order valence-corrected chi connectivity index (χ3v) is 4.04. The van der Waals surface area contributed by atoms with E-state index in [1.165, 1.54) is 24.2 Å². The number of rotatable bonds is 3. The van der Waals surface area contributed by atoms with Crippen LogP contribution in [0.15, 0.2) is 58.7 Å². The summed E-state index contributed by atoms with van der Waals surface area (Å²) in [5.41, 5.74) is 7.06. The minimum Gasteiger partial charge on any atom is -0.478 e. The van der Waals surface area contributed by atoms with Crippen molar-refractivity contribution in [3.8, 4) is 0 Å². The Balaban J connectivity index is 2.09. The molecule has 0 saturated heterocycles. The molecule has 1 heterocycles. The smallest absolute Gasteiger partial charge is 0.336 e. The Morgan fingerprint density at radius 2 is 1.95 bits per heavy atom. The van der Waals surface area contributed by atoms with Gasteiger partial charge in [-0.05, 0) is 24.3 Å². The highest BCUT2D eigenvalue weighted by atomic mass is 32.2. The average Bonchev–Trinajstić information content (AvgIpc) is 2.49. The second kappa shape index (κ2) is 5.41. The SMILES string of the molecule is Nc1ccc(Sc2ncnc3ccccc23)c(C(=O)O)c1. The molecule has 0 spiro atoms. The van der Waals surface area contributed by atoms with Crippen molar-refractivity contribution in [3.63, 3.8) is 0 Å². The van der Waals surface area contributed by atoms with E-state index in [1.807, 2.05) is 24.3 Å². The van der Waals surface area contributed by atoms with Gasteiger partial charge in [-0.2, -0.15) is 0 Å². The summed E-state index contributed by atoms with van der Waals surface area (Å²) in [7, 11) is 0. The summed E-state index contributed by atoms with van der Waals surface area (Å²) in [5, 5.41) is 10.9. The molecule has 3 N–H and O–H groups in total. The molecule has 0 aliphatic heterocycles. The molecule has 0 atom stereocenters. The number of nitrogens with two attached hydrogens (primary N) is 1. The number of hydrogen-bond donors (Lipinski definition) is 2. The average molecular weight is 297 g/mol. The zero-order chi connectivity index (χ0) is 14.8.